The largest absolute Gasteiger partial charge is 0.385 e. The van der Waals surface area contributed by atoms with Crippen LogP contribution in [0.4, 0.5) is 0 Å². The summed E-state index contributed by atoms with van der Waals surface area (Å²) in [6.45, 7) is 4.11. The Morgan fingerprint density at radius 3 is 2.25 bits per heavy atom. The molecule has 2 heteroatoms. The lowest BCUT2D eigenvalue weighted by atomic mass is 9.84. The molecule has 1 aliphatic rings. The van der Waals surface area contributed by atoms with Crippen molar-refractivity contribution in [1.29, 1.82) is 0 Å². The fraction of sp³-hybridized carbons (Fsp3) is 0.571. The SMILES string of the molecule is CCc1ccc(C2(O)CCN(C)CC2)cc1. The number of rotatable bonds is 2. The standard InChI is InChI=1S/C14H21NO/c1-3-12-4-6-13(7-5-12)14(16)8-10-15(2)11-9-14/h4-7,16H,3,8-11H2,1-2H3. The van der Waals surface area contributed by atoms with Crippen LogP contribution in [0, 0.1) is 0 Å². The van der Waals surface area contributed by atoms with Crippen molar-refractivity contribution >= 4 is 0 Å². The van der Waals surface area contributed by atoms with Gasteiger partial charge in [-0.1, -0.05) is 31.2 Å². The van der Waals surface area contributed by atoms with Crippen LogP contribution in [0.2, 0.25) is 0 Å². The van der Waals surface area contributed by atoms with Gasteiger partial charge in [0.1, 0.15) is 0 Å². The summed E-state index contributed by atoms with van der Waals surface area (Å²) in [6, 6.07) is 8.44. The van der Waals surface area contributed by atoms with Gasteiger partial charge in [-0.05, 0) is 37.4 Å². The fourth-order valence-corrected chi connectivity index (χ4v) is 2.33. The van der Waals surface area contributed by atoms with Crippen molar-refractivity contribution in [2.45, 2.75) is 31.8 Å². The molecule has 0 aliphatic carbocycles. The Labute approximate surface area is 97.9 Å². The minimum atomic E-state index is -0.598. The normalized spacial score (nSPS) is 20.9. The quantitative estimate of drug-likeness (QED) is 0.824. The summed E-state index contributed by atoms with van der Waals surface area (Å²) in [4.78, 5) is 2.27. The third kappa shape index (κ3) is 2.28. The summed E-state index contributed by atoms with van der Waals surface area (Å²) in [7, 11) is 2.11. The van der Waals surface area contributed by atoms with Gasteiger partial charge in [-0.3, -0.25) is 0 Å². The van der Waals surface area contributed by atoms with Crippen LogP contribution in [0.1, 0.15) is 30.9 Å². The summed E-state index contributed by atoms with van der Waals surface area (Å²) in [5.74, 6) is 0. The number of aliphatic hydroxyl groups is 1. The van der Waals surface area contributed by atoms with E-state index in [0.717, 1.165) is 37.9 Å². The Bertz CT molecular complexity index is 336. The maximum atomic E-state index is 10.6. The van der Waals surface area contributed by atoms with Gasteiger partial charge in [0.2, 0.25) is 0 Å². The zero-order chi connectivity index (χ0) is 11.6. The highest BCUT2D eigenvalue weighted by molar-refractivity contribution is 5.27. The molecule has 0 unspecified atom stereocenters. The molecule has 0 radical (unpaired) electrons. The van der Waals surface area contributed by atoms with E-state index in [1.165, 1.54) is 5.56 Å². The maximum Gasteiger partial charge on any atom is 0.0920 e. The maximum absolute atomic E-state index is 10.6. The van der Waals surface area contributed by atoms with Gasteiger partial charge in [-0.25, -0.2) is 0 Å². The fourth-order valence-electron chi connectivity index (χ4n) is 2.33. The lowest BCUT2D eigenvalue weighted by molar-refractivity contribution is -0.0203. The van der Waals surface area contributed by atoms with Crippen molar-refractivity contribution in [2.75, 3.05) is 20.1 Å². The molecule has 1 fully saturated rings. The van der Waals surface area contributed by atoms with Crippen molar-refractivity contribution < 1.29 is 5.11 Å². The van der Waals surface area contributed by atoms with Crippen molar-refractivity contribution in [3.8, 4) is 0 Å². The Morgan fingerprint density at radius 1 is 1.19 bits per heavy atom. The van der Waals surface area contributed by atoms with Crippen LogP contribution in [-0.4, -0.2) is 30.1 Å². The molecule has 1 heterocycles. The molecule has 0 spiro atoms. The second-order valence-corrected chi connectivity index (χ2v) is 4.89. The first-order chi connectivity index (χ1) is 7.64. The van der Waals surface area contributed by atoms with Crippen LogP contribution in [0.15, 0.2) is 24.3 Å². The molecule has 1 N–H and O–H groups in total. The topological polar surface area (TPSA) is 23.5 Å². The predicted molar refractivity (Wildman–Crippen MR) is 66.4 cm³/mol. The second kappa shape index (κ2) is 4.56. The van der Waals surface area contributed by atoms with Gasteiger partial charge in [-0.2, -0.15) is 0 Å². The van der Waals surface area contributed by atoms with E-state index in [-0.39, 0.29) is 0 Å². The number of nitrogens with zero attached hydrogens (tertiary/aromatic N) is 1. The molecular formula is C14H21NO. The van der Waals surface area contributed by atoms with Crippen molar-refractivity contribution in [3.63, 3.8) is 0 Å². The second-order valence-electron chi connectivity index (χ2n) is 4.89. The summed E-state index contributed by atoms with van der Waals surface area (Å²) in [5, 5.41) is 10.6. The molecule has 2 nitrogen and oxygen atoms in total. The minimum absolute atomic E-state index is 0.598. The number of piperidine rings is 1. The van der Waals surface area contributed by atoms with E-state index in [1.807, 2.05) is 0 Å². The van der Waals surface area contributed by atoms with E-state index in [4.69, 9.17) is 0 Å². The van der Waals surface area contributed by atoms with Crippen LogP contribution < -0.4 is 0 Å². The molecule has 0 aromatic heterocycles. The number of likely N-dealkylation sites (tertiary alicyclic amines) is 1. The zero-order valence-corrected chi connectivity index (χ0v) is 10.2. The number of benzene rings is 1. The van der Waals surface area contributed by atoms with Crippen molar-refractivity contribution in [1.82, 2.24) is 4.90 Å². The first-order valence-corrected chi connectivity index (χ1v) is 6.14. The Morgan fingerprint density at radius 2 is 1.75 bits per heavy atom. The van der Waals surface area contributed by atoms with Gasteiger partial charge in [0.05, 0.1) is 5.60 Å². The van der Waals surface area contributed by atoms with Gasteiger partial charge < -0.3 is 10.0 Å². The first-order valence-electron chi connectivity index (χ1n) is 6.14. The van der Waals surface area contributed by atoms with Crippen LogP contribution >= 0.6 is 0 Å². The highest BCUT2D eigenvalue weighted by Gasteiger charge is 2.32. The molecule has 1 aromatic rings. The summed E-state index contributed by atoms with van der Waals surface area (Å²) < 4.78 is 0. The molecular weight excluding hydrogens is 198 g/mol. The van der Waals surface area contributed by atoms with Crippen LogP contribution in [0.25, 0.3) is 0 Å². The van der Waals surface area contributed by atoms with E-state index in [9.17, 15) is 5.11 Å². The summed E-state index contributed by atoms with van der Waals surface area (Å²) in [6.07, 6.45) is 2.74. The van der Waals surface area contributed by atoms with E-state index < -0.39 is 5.60 Å². The van der Waals surface area contributed by atoms with Gasteiger partial charge in [0.15, 0.2) is 0 Å². The zero-order valence-electron chi connectivity index (χ0n) is 10.2. The number of hydrogen-bond acceptors (Lipinski definition) is 2. The third-order valence-corrected chi connectivity index (χ3v) is 3.71. The van der Waals surface area contributed by atoms with Crippen LogP contribution in [0.5, 0.6) is 0 Å². The van der Waals surface area contributed by atoms with Crippen LogP contribution in [0.3, 0.4) is 0 Å². The molecule has 0 saturated carbocycles. The van der Waals surface area contributed by atoms with E-state index >= 15 is 0 Å². The number of hydrogen-bond donors (Lipinski definition) is 1. The minimum Gasteiger partial charge on any atom is -0.385 e. The smallest absolute Gasteiger partial charge is 0.0920 e. The first kappa shape index (κ1) is 11.6. The molecule has 16 heavy (non-hydrogen) atoms. The summed E-state index contributed by atoms with van der Waals surface area (Å²) in [5.41, 5.74) is 1.82. The molecule has 0 bridgehead atoms. The van der Waals surface area contributed by atoms with Crippen LogP contribution in [-0.2, 0) is 12.0 Å². The lowest BCUT2D eigenvalue weighted by Crippen LogP contribution is -2.40. The van der Waals surface area contributed by atoms with Gasteiger partial charge in [0.25, 0.3) is 0 Å². The van der Waals surface area contributed by atoms with E-state index in [0.29, 0.717) is 0 Å². The Hall–Kier alpha value is -0.860. The molecule has 1 aliphatic heterocycles. The monoisotopic (exact) mass is 219 g/mol. The molecule has 0 amide bonds. The molecule has 0 atom stereocenters. The highest BCUT2D eigenvalue weighted by atomic mass is 16.3. The average molecular weight is 219 g/mol. The van der Waals surface area contributed by atoms with Gasteiger partial charge in [0, 0.05) is 13.1 Å². The van der Waals surface area contributed by atoms with Gasteiger partial charge >= 0.3 is 0 Å². The highest BCUT2D eigenvalue weighted by Crippen LogP contribution is 2.32. The lowest BCUT2D eigenvalue weighted by Gasteiger charge is -2.37. The Balaban J connectivity index is 2.16. The van der Waals surface area contributed by atoms with Crippen molar-refractivity contribution in [2.24, 2.45) is 0 Å². The third-order valence-electron chi connectivity index (χ3n) is 3.71. The molecule has 1 aromatic carbocycles. The molecule has 88 valence electrons. The Kier molecular flexibility index (Phi) is 3.31. The average Bonchev–Trinajstić information content (AvgIpc) is 2.33. The summed E-state index contributed by atoms with van der Waals surface area (Å²) >= 11 is 0. The number of aryl methyl sites for hydroxylation is 1. The van der Waals surface area contributed by atoms with E-state index in [2.05, 4.69) is 43.1 Å². The molecule has 2 rings (SSSR count). The predicted octanol–water partition coefficient (Wildman–Crippen LogP) is 2.16. The van der Waals surface area contributed by atoms with E-state index in [1.54, 1.807) is 0 Å². The molecule has 1 saturated heterocycles. The van der Waals surface area contributed by atoms with Gasteiger partial charge in [-0.15, -0.1) is 0 Å². The van der Waals surface area contributed by atoms with Crippen molar-refractivity contribution in [3.05, 3.63) is 35.4 Å².